The normalized spacial score (nSPS) is 11.7. The summed E-state index contributed by atoms with van der Waals surface area (Å²) in [6.07, 6.45) is 0. The Bertz CT molecular complexity index is 3270. The molecule has 0 spiro atoms. The van der Waals surface area contributed by atoms with Crippen molar-refractivity contribution in [2.75, 3.05) is 0 Å². The fraction of sp³-hybridized carbons (Fsp3) is 0. The van der Waals surface area contributed by atoms with E-state index < -0.39 is 0 Å². The van der Waals surface area contributed by atoms with Crippen LogP contribution in [-0.4, -0.2) is 33.5 Å². The average molecular weight is 724 g/mol. The third kappa shape index (κ3) is 5.00. The summed E-state index contributed by atoms with van der Waals surface area (Å²) in [5.41, 5.74) is 11.6. The standard InChI is InChI=1S/C47H29N7S/c55-46-45-48-37-21-11-13-23-40(37)53(45)41-27-25-33(32-24-26-39-36(28-32)35-20-10-12-22-38(35)52(39)34-18-8-3-9-19-34)29-42(41)54(46)47-50-43(30-14-4-1-5-15-30)49-44(51-47)31-16-6-2-7-17-31/h1-29H. The van der Waals surface area contributed by atoms with Gasteiger partial charge in [0.05, 0.1) is 33.1 Å². The Labute approximate surface area is 320 Å². The molecule has 0 bridgehead atoms. The number of aromatic nitrogens is 7. The smallest absolute Gasteiger partial charge is 0.239 e. The van der Waals surface area contributed by atoms with E-state index in [1.165, 1.54) is 16.3 Å². The minimum absolute atomic E-state index is 0.427. The van der Waals surface area contributed by atoms with E-state index in [1.54, 1.807) is 0 Å². The molecular formula is C47H29N7S. The van der Waals surface area contributed by atoms with E-state index in [4.69, 9.17) is 32.2 Å². The highest BCUT2D eigenvalue weighted by Gasteiger charge is 2.20. The number of nitrogens with zero attached hydrogens (tertiary/aromatic N) is 7. The van der Waals surface area contributed by atoms with Gasteiger partial charge in [-0.15, -0.1) is 0 Å². The highest BCUT2D eigenvalue weighted by atomic mass is 32.1. The molecule has 0 aliphatic heterocycles. The molecule has 11 rings (SSSR count). The molecule has 0 saturated heterocycles. The van der Waals surface area contributed by atoms with E-state index in [2.05, 4.69) is 106 Å². The molecule has 4 aromatic heterocycles. The van der Waals surface area contributed by atoms with Crippen LogP contribution >= 0.6 is 12.2 Å². The van der Waals surface area contributed by atoms with Crippen LogP contribution in [0.1, 0.15) is 0 Å². The molecule has 7 aromatic carbocycles. The largest absolute Gasteiger partial charge is 0.309 e. The van der Waals surface area contributed by atoms with Crippen molar-refractivity contribution in [2.24, 2.45) is 0 Å². The highest BCUT2D eigenvalue weighted by Crippen LogP contribution is 2.37. The minimum atomic E-state index is 0.427. The van der Waals surface area contributed by atoms with Gasteiger partial charge in [0.1, 0.15) is 0 Å². The van der Waals surface area contributed by atoms with Crippen LogP contribution in [-0.2, 0) is 0 Å². The second-order valence-electron chi connectivity index (χ2n) is 13.5. The SMILES string of the molecule is S=c1c2nc3ccccc3n2c2ccc(-c3ccc4c(c3)c3ccccc3n4-c3ccccc3)cc2n1-c1nc(-c2ccccc2)nc(-c2ccccc2)n1. The molecule has 11 aromatic rings. The van der Waals surface area contributed by atoms with E-state index in [0.29, 0.717) is 27.9 Å². The van der Waals surface area contributed by atoms with Crippen LogP contribution in [0.4, 0.5) is 0 Å². The number of hydrogen-bond acceptors (Lipinski definition) is 5. The molecule has 0 saturated carbocycles. The van der Waals surface area contributed by atoms with E-state index in [9.17, 15) is 0 Å². The van der Waals surface area contributed by atoms with Crippen LogP contribution in [0.5, 0.6) is 0 Å². The number of imidazole rings is 1. The van der Waals surface area contributed by atoms with Crippen molar-refractivity contribution >= 4 is 61.7 Å². The van der Waals surface area contributed by atoms with E-state index in [-0.39, 0.29) is 0 Å². The molecule has 0 unspecified atom stereocenters. The van der Waals surface area contributed by atoms with Crippen molar-refractivity contribution in [3.05, 3.63) is 181 Å². The Kier molecular flexibility index (Phi) is 7.05. The van der Waals surface area contributed by atoms with E-state index in [0.717, 1.165) is 55.5 Å². The first-order valence-corrected chi connectivity index (χ1v) is 18.5. The van der Waals surface area contributed by atoms with Crippen molar-refractivity contribution in [1.82, 2.24) is 33.5 Å². The van der Waals surface area contributed by atoms with Gasteiger partial charge in [0.25, 0.3) is 0 Å². The Morgan fingerprint density at radius 3 is 1.65 bits per heavy atom. The zero-order valence-electron chi connectivity index (χ0n) is 29.3. The maximum atomic E-state index is 6.37. The molecule has 0 aliphatic carbocycles. The van der Waals surface area contributed by atoms with E-state index >= 15 is 0 Å². The number of hydrogen-bond donors (Lipinski definition) is 0. The van der Waals surface area contributed by atoms with Gasteiger partial charge in [-0.05, 0) is 65.7 Å². The molecule has 0 atom stereocenters. The molecule has 8 heteroatoms. The van der Waals surface area contributed by atoms with Crippen molar-refractivity contribution in [1.29, 1.82) is 0 Å². The van der Waals surface area contributed by atoms with Crippen LogP contribution in [0.15, 0.2) is 176 Å². The van der Waals surface area contributed by atoms with Gasteiger partial charge in [-0.3, -0.25) is 8.97 Å². The predicted molar refractivity (Wildman–Crippen MR) is 224 cm³/mol. The molecule has 258 valence electrons. The Morgan fingerprint density at radius 1 is 0.382 bits per heavy atom. The summed E-state index contributed by atoms with van der Waals surface area (Å²) in [6, 6.07) is 60.5. The first kappa shape index (κ1) is 31.3. The number of para-hydroxylation sites is 4. The van der Waals surface area contributed by atoms with Crippen molar-refractivity contribution in [2.45, 2.75) is 0 Å². The molecule has 0 radical (unpaired) electrons. The lowest BCUT2D eigenvalue weighted by Gasteiger charge is -2.16. The molecule has 0 N–H and O–H groups in total. The van der Waals surface area contributed by atoms with Crippen molar-refractivity contribution in [3.8, 4) is 45.5 Å². The summed E-state index contributed by atoms with van der Waals surface area (Å²) in [6.45, 7) is 0. The van der Waals surface area contributed by atoms with Gasteiger partial charge < -0.3 is 4.57 Å². The summed E-state index contributed by atoms with van der Waals surface area (Å²) in [7, 11) is 0. The highest BCUT2D eigenvalue weighted by molar-refractivity contribution is 7.71. The maximum Gasteiger partial charge on any atom is 0.239 e. The van der Waals surface area contributed by atoms with Gasteiger partial charge in [0.15, 0.2) is 21.9 Å². The van der Waals surface area contributed by atoms with Crippen LogP contribution in [0.25, 0.3) is 95.1 Å². The molecule has 0 aliphatic rings. The molecule has 7 nitrogen and oxygen atoms in total. The topological polar surface area (TPSA) is 65.8 Å². The summed E-state index contributed by atoms with van der Waals surface area (Å²) in [5, 5.41) is 2.38. The summed E-state index contributed by atoms with van der Waals surface area (Å²) < 4.78 is 6.96. The molecule has 0 fully saturated rings. The monoisotopic (exact) mass is 723 g/mol. The van der Waals surface area contributed by atoms with Gasteiger partial charge in [0.2, 0.25) is 5.95 Å². The second kappa shape index (κ2) is 12.4. The lowest BCUT2D eigenvalue weighted by atomic mass is 10.0. The lowest BCUT2D eigenvalue weighted by molar-refractivity contribution is 0.911. The quantitative estimate of drug-likeness (QED) is 0.165. The third-order valence-corrected chi connectivity index (χ3v) is 10.7. The van der Waals surface area contributed by atoms with E-state index in [1.807, 2.05) is 83.4 Å². The lowest BCUT2D eigenvalue weighted by Crippen LogP contribution is -2.10. The first-order chi connectivity index (χ1) is 27.2. The predicted octanol–water partition coefficient (Wildman–Crippen LogP) is 11.4. The summed E-state index contributed by atoms with van der Waals surface area (Å²) in [4.78, 5) is 20.2. The Balaban J connectivity index is 1.20. The zero-order chi connectivity index (χ0) is 36.5. The first-order valence-electron chi connectivity index (χ1n) is 18.1. The number of fused-ring (bicyclic) bond motifs is 8. The average Bonchev–Trinajstić information content (AvgIpc) is 3.81. The minimum Gasteiger partial charge on any atom is -0.309 e. The van der Waals surface area contributed by atoms with Crippen LogP contribution in [0, 0.1) is 4.64 Å². The summed E-state index contributed by atoms with van der Waals surface area (Å²) in [5.74, 6) is 1.55. The second-order valence-corrected chi connectivity index (χ2v) is 13.9. The van der Waals surface area contributed by atoms with Crippen LogP contribution in [0.2, 0.25) is 0 Å². The van der Waals surface area contributed by atoms with Crippen molar-refractivity contribution < 1.29 is 0 Å². The third-order valence-electron chi connectivity index (χ3n) is 10.3. The van der Waals surface area contributed by atoms with Gasteiger partial charge in [0, 0.05) is 27.6 Å². The Hall–Kier alpha value is -7.29. The maximum absolute atomic E-state index is 6.37. The molecule has 55 heavy (non-hydrogen) atoms. The van der Waals surface area contributed by atoms with Crippen LogP contribution in [0.3, 0.4) is 0 Å². The van der Waals surface area contributed by atoms with Crippen molar-refractivity contribution in [3.63, 3.8) is 0 Å². The van der Waals surface area contributed by atoms with Gasteiger partial charge in [-0.25, -0.2) is 9.97 Å². The fourth-order valence-electron chi connectivity index (χ4n) is 7.80. The molecule has 0 amide bonds. The molecule has 4 heterocycles. The van der Waals surface area contributed by atoms with Crippen LogP contribution < -0.4 is 0 Å². The van der Waals surface area contributed by atoms with Gasteiger partial charge >= 0.3 is 0 Å². The summed E-state index contributed by atoms with van der Waals surface area (Å²) >= 11 is 6.37. The fourth-order valence-corrected chi connectivity index (χ4v) is 8.11. The number of rotatable bonds is 5. The van der Waals surface area contributed by atoms with Gasteiger partial charge in [-0.2, -0.15) is 9.97 Å². The molecular weight excluding hydrogens is 695 g/mol. The Morgan fingerprint density at radius 2 is 0.945 bits per heavy atom. The zero-order valence-corrected chi connectivity index (χ0v) is 30.1. The van der Waals surface area contributed by atoms with Gasteiger partial charge in [-0.1, -0.05) is 134 Å². The number of benzene rings is 7.